The third-order valence-electron chi connectivity index (χ3n) is 4.47. The van der Waals surface area contributed by atoms with Gasteiger partial charge < -0.3 is 9.84 Å². The molecule has 0 radical (unpaired) electrons. The Labute approximate surface area is 157 Å². The third kappa shape index (κ3) is 3.65. The lowest BCUT2D eigenvalue weighted by molar-refractivity contribution is 0.102. The fraction of sp³-hybridized carbons (Fsp3) is 0.0435. The molecule has 4 aromatic rings. The van der Waals surface area contributed by atoms with Crippen LogP contribution in [0.4, 0.5) is 5.69 Å². The molecule has 3 aromatic carbocycles. The predicted molar refractivity (Wildman–Crippen MR) is 107 cm³/mol. The van der Waals surface area contributed by atoms with Gasteiger partial charge in [0.05, 0.1) is 6.20 Å². The number of aryl methyl sites for hydroxylation is 1. The van der Waals surface area contributed by atoms with Crippen LogP contribution >= 0.6 is 0 Å². The van der Waals surface area contributed by atoms with E-state index in [2.05, 4.69) is 29.5 Å². The van der Waals surface area contributed by atoms with Gasteiger partial charge in [-0.1, -0.05) is 41.6 Å². The lowest BCUT2D eigenvalue weighted by Crippen LogP contribution is -2.11. The van der Waals surface area contributed by atoms with Crippen LogP contribution in [-0.4, -0.2) is 11.1 Å². The Morgan fingerprint density at radius 2 is 1.56 bits per heavy atom. The molecule has 1 aromatic heterocycles. The fourth-order valence-electron chi connectivity index (χ4n) is 2.98. The summed E-state index contributed by atoms with van der Waals surface area (Å²) in [6, 6.07) is 25.1. The number of carbonyl (C=O) groups excluding carboxylic acids is 1. The van der Waals surface area contributed by atoms with Crippen molar-refractivity contribution in [2.75, 3.05) is 5.32 Å². The third-order valence-corrected chi connectivity index (χ3v) is 4.47. The second kappa shape index (κ2) is 7.30. The maximum absolute atomic E-state index is 12.5. The number of nitrogens with one attached hydrogen (secondary N) is 1. The van der Waals surface area contributed by atoms with Crippen LogP contribution in [0, 0.1) is 6.92 Å². The van der Waals surface area contributed by atoms with Gasteiger partial charge in [-0.15, -0.1) is 0 Å². The molecular formula is C23H18N2O2. The van der Waals surface area contributed by atoms with Crippen LogP contribution in [0.1, 0.15) is 15.9 Å². The zero-order valence-corrected chi connectivity index (χ0v) is 14.8. The monoisotopic (exact) mass is 354 g/mol. The van der Waals surface area contributed by atoms with Crippen LogP contribution in [0.2, 0.25) is 0 Å². The van der Waals surface area contributed by atoms with E-state index in [-0.39, 0.29) is 5.91 Å². The molecule has 0 atom stereocenters. The fourth-order valence-corrected chi connectivity index (χ4v) is 2.98. The molecule has 0 fully saturated rings. The highest BCUT2D eigenvalue weighted by Crippen LogP contribution is 2.24. The van der Waals surface area contributed by atoms with Crippen molar-refractivity contribution in [2.24, 2.45) is 0 Å². The molecule has 0 saturated heterocycles. The van der Waals surface area contributed by atoms with E-state index in [0.29, 0.717) is 11.3 Å². The first-order chi connectivity index (χ1) is 13.2. The van der Waals surface area contributed by atoms with Crippen molar-refractivity contribution in [3.63, 3.8) is 0 Å². The van der Waals surface area contributed by atoms with Crippen molar-refractivity contribution in [2.45, 2.75) is 6.92 Å². The average molecular weight is 354 g/mol. The number of rotatable bonds is 4. The highest BCUT2D eigenvalue weighted by Gasteiger charge is 2.08. The Morgan fingerprint density at radius 1 is 0.852 bits per heavy atom. The molecule has 0 unspecified atom stereocenters. The molecule has 0 spiro atoms. The minimum atomic E-state index is -0.140. The first-order valence-corrected chi connectivity index (χ1v) is 8.69. The second-order valence-corrected chi connectivity index (χ2v) is 6.30. The van der Waals surface area contributed by atoms with E-state index in [1.54, 1.807) is 12.3 Å². The largest absolute Gasteiger partial charge is 0.356 e. The number of nitrogens with zero attached hydrogens (tertiary/aromatic N) is 1. The SMILES string of the molecule is Cc1ccccc1-c1ccc(C(=O)Nc2ccc(-c3ccno3)cc2)cc1. The maximum Gasteiger partial charge on any atom is 0.255 e. The molecule has 0 aliphatic rings. The van der Waals surface area contributed by atoms with E-state index in [1.165, 1.54) is 11.1 Å². The Bertz CT molecular complexity index is 1050. The molecule has 1 amide bonds. The first-order valence-electron chi connectivity index (χ1n) is 8.69. The van der Waals surface area contributed by atoms with Gasteiger partial charge >= 0.3 is 0 Å². The Morgan fingerprint density at radius 3 is 2.22 bits per heavy atom. The van der Waals surface area contributed by atoms with E-state index in [9.17, 15) is 4.79 Å². The van der Waals surface area contributed by atoms with Gasteiger partial charge in [-0.25, -0.2) is 0 Å². The number of carbonyl (C=O) groups is 1. The minimum absolute atomic E-state index is 0.140. The molecule has 0 aliphatic heterocycles. The summed E-state index contributed by atoms with van der Waals surface area (Å²) in [4.78, 5) is 12.5. The van der Waals surface area contributed by atoms with Crippen molar-refractivity contribution in [1.29, 1.82) is 0 Å². The Balaban J connectivity index is 1.48. The van der Waals surface area contributed by atoms with Crippen molar-refractivity contribution >= 4 is 11.6 Å². The van der Waals surface area contributed by atoms with Gasteiger partial charge in [0.25, 0.3) is 5.91 Å². The summed E-state index contributed by atoms with van der Waals surface area (Å²) in [5.41, 5.74) is 5.74. The van der Waals surface area contributed by atoms with Gasteiger partial charge in [0.1, 0.15) is 0 Å². The van der Waals surface area contributed by atoms with Crippen LogP contribution < -0.4 is 5.32 Å². The highest BCUT2D eigenvalue weighted by molar-refractivity contribution is 6.04. The summed E-state index contributed by atoms with van der Waals surface area (Å²) in [5, 5.41) is 6.61. The van der Waals surface area contributed by atoms with Crippen molar-refractivity contribution < 1.29 is 9.32 Å². The standard InChI is InChI=1S/C23H18N2O2/c1-16-4-2-3-5-21(16)17-6-8-19(9-7-17)23(26)25-20-12-10-18(11-13-20)22-14-15-24-27-22/h2-15H,1H3,(H,25,26). The Kier molecular flexibility index (Phi) is 4.54. The number of benzene rings is 3. The second-order valence-electron chi connectivity index (χ2n) is 6.30. The molecule has 0 aliphatic carbocycles. The lowest BCUT2D eigenvalue weighted by atomic mass is 9.99. The molecule has 27 heavy (non-hydrogen) atoms. The van der Waals surface area contributed by atoms with Crippen LogP contribution in [0.25, 0.3) is 22.5 Å². The summed E-state index contributed by atoms with van der Waals surface area (Å²) in [7, 11) is 0. The van der Waals surface area contributed by atoms with Gasteiger partial charge in [0.2, 0.25) is 0 Å². The molecule has 0 bridgehead atoms. The van der Waals surface area contributed by atoms with Gasteiger partial charge in [-0.05, 0) is 60.0 Å². The summed E-state index contributed by atoms with van der Waals surface area (Å²) < 4.78 is 5.13. The summed E-state index contributed by atoms with van der Waals surface area (Å²) in [6.45, 7) is 2.08. The molecule has 1 heterocycles. The number of hydrogen-bond acceptors (Lipinski definition) is 3. The smallest absolute Gasteiger partial charge is 0.255 e. The Hall–Kier alpha value is -3.66. The van der Waals surface area contributed by atoms with Crippen molar-refractivity contribution in [3.8, 4) is 22.5 Å². The number of hydrogen-bond donors (Lipinski definition) is 1. The van der Waals surface area contributed by atoms with E-state index >= 15 is 0 Å². The normalized spacial score (nSPS) is 10.6. The molecule has 1 N–H and O–H groups in total. The number of amides is 1. The first kappa shape index (κ1) is 16.8. The summed E-state index contributed by atoms with van der Waals surface area (Å²) >= 11 is 0. The molecule has 4 rings (SSSR count). The van der Waals surface area contributed by atoms with Gasteiger partial charge in [0.15, 0.2) is 5.76 Å². The molecule has 4 heteroatoms. The molecule has 132 valence electrons. The lowest BCUT2D eigenvalue weighted by Gasteiger charge is -2.08. The van der Waals surface area contributed by atoms with Crippen molar-refractivity contribution in [3.05, 3.63) is 96.2 Å². The van der Waals surface area contributed by atoms with Crippen molar-refractivity contribution in [1.82, 2.24) is 5.16 Å². The molecule has 4 nitrogen and oxygen atoms in total. The minimum Gasteiger partial charge on any atom is -0.356 e. The van der Waals surface area contributed by atoms with E-state index in [0.717, 1.165) is 16.8 Å². The number of aromatic nitrogens is 1. The summed E-state index contributed by atoms with van der Waals surface area (Å²) in [5.74, 6) is 0.554. The van der Waals surface area contributed by atoms with E-state index in [1.807, 2.05) is 60.7 Å². The van der Waals surface area contributed by atoms with E-state index in [4.69, 9.17) is 4.52 Å². The van der Waals surface area contributed by atoms with Gasteiger partial charge in [-0.2, -0.15) is 0 Å². The highest BCUT2D eigenvalue weighted by atomic mass is 16.5. The molecular weight excluding hydrogens is 336 g/mol. The summed E-state index contributed by atoms with van der Waals surface area (Å²) in [6.07, 6.45) is 1.60. The average Bonchev–Trinajstić information content (AvgIpc) is 3.24. The predicted octanol–water partition coefficient (Wildman–Crippen LogP) is 5.57. The quantitative estimate of drug-likeness (QED) is 0.521. The van der Waals surface area contributed by atoms with Crippen LogP contribution in [0.15, 0.2) is 89.6 Å². The van der Waals surface area contributed by atoms with Gasteiger partial charge in [0, 0.05) is 22.9 Å². The number of anilines is 1. The van der Waals surface area contributed by atoms with Crippen LogP contribution in [0.3, 0.4) is 0 Å². The zero-order valence-electron chi connectivity index (χ0n) is 14.8. The van der Waals surface area contributed by atoms with Crippen LogP contribution in [0.5, 0.6) is 0 Å². The maximum atomic E-state index is 12.5. The topological polar surface area (TPSA) is 55.1 Å². The van der Waals surface area contributed by atoms with Gasteiger partial charge in [-0.3, -0.25) is 4.79 Å². The zero-order chi connectivity index (χ0) is 18.6. The molecule has 0 saturated carbocycles. The van der Waals surface area contributed by atoms with Crippen LogP contribution in [-0.2, 0) is 0 Å². The van der Waals surface area contributed by atoms with E-state index < -0.39 is 0 Å².